The van der Waals surface area contributed by atoms with Gasteiger partial charge >= 0.3 is 0 Å². The van der Waals surface area contributed by atoms with Crippen LogP contribution in [0.3, 0.4) is 0 Å². The zero-order valence-corrected chi connectivity index (χ0v) is 6.34. The molecule has 0 amide bonds. The Morgan fingerprint density at radius 1 is 1.70 bits per heavy atom. The molecule has 4 nitrogen and oxygen atoms in total. The minimum atomic E-state index is 0.0561. The van der Waals surface area contributed by atoms with Gasteiger partial charge in [0, 0.05) is 0 Å². The van der Waals surface area contributed by atoms with Crippen molar-refractivity contribution in [2.45, 2.75) is 13.5 Å². The van der Waals surface area contributed by atoms with Gasteiger partial charge in [-0.15, -0.1) is 5.10 Å². The summed E-state index contributed by atoms with van der Waals surface area (Å²) in [5, 5.41) is 12.6. The molecule has 56 valence electrons. The van der Waals surface area contributed by atoms with Crippen molar-refractivity contribution in [3.8, 4) is 0 Å². The summed E-state index contributed by atoms with van der Waals surface area (Å²) >= 11 is 5.48. The van der Waals surface area contributed by atoms with E-state index in [1.54, 1.807) is 11.6 Å². The molecule has 0 aliphatic heterocycles. The standard InChI is InChI=1S/C5H8ClN3O/c1-4-7-5(6)8-9(4)2-3-10/h10H,2-3H2,1H3. The molecule has 0 bridgehead atoms. The van der Waals surface area contributed by atoms with Crippen LogP contribution in [0.25, 0.3) is 0 Å². The van der Waals surface area contributed by atoms with Crippen molar-refractivity contribution in [3.05, 3.63) is 11.1 Å². The molecule has 1 aromatic heterocycles. The smallest absolute Gasteiger partial charge is 0.242 e. The summed E-state index contributed by atoms with van der Waals surface area (Å²) < 4.78 is 1.56. The number of aromatic nitrogens is 3. The number of aliphatic hydroxyl groups excluding tert-OH is 1. The molecule has 10 heavy (non-hydrogen) atoms. The van der Waals surface area contributed by atoms with Crippen LogP contribution in [0.15, 0.2) is 0 Å². The Morgan fingerprint density at radius 2 is 2.40 bits per heavy atom. The lowest BCUT2D eigenvalue weighted by molar-refractivity contribution is 0.267. The Balaban J connectivity index is 2.81. The van der Waals surface area contributed by atoms with Gasteiger partial charge in [-0.05, 0) is 18.5 Å². The van der Waals surface area contributed by atoms with E-state index < -0.39 is 0 Å². The molecule has 1 heterocycles. The van der Waals surface area contributed by atoms with Crippen molar-refractivity contribution in [3.63, 3.8) is 0 Å². The van der Waals surface area contributed by atoms with E-state index in [9.17, 15) is 0 Å². The van der Waals surface area contributed by atoms with E-state index in [-0.39, 0.29) is 11.9 Å². The summed E-state index contributed by atoms with van der Waals surface area (Å²) in [6, 6.07) is 0. The number of aliphatic hydroxyl groups is 1. The fraction of sp³-hybridized carbons (Fsp3) is 0.600. The molecule has 0 aliphatic rings. The number of halogens is 1. The zero-order valence-electron chi connectivity index (χ0n) is 5.58. The zero-order chi connectivity index (χ0) is 7.56. The largest absolute Gasteiger partial charge is 0.394 e. The second kappa shape index (κ2) is 2.98. The second-order valence-electron chi connectivity index (χ2n) is 1.87. The van der Waals surface area contributed by atoms with Crippen LogP contribution in [-0.2, 0) is 6.54 Å². The Morgan fingerprint density at radius 3 is 2.80 bits per heavy atom. The molecule has 1 aromatic rings. The first-order valence-corrected chi connectivity index (χ1v) is 3.29. The average Bonchev–Trinajstić information content (AvgIpc) is 2.13. The Hall–Kier alpha value is -0.610. The van der Waals surface area contributed by atoms with Crippen LogP contribution < -0.4 is 0 Å². The van der Waals surface area contributed by atoms with Gasteiger partial charge in [0.05, 0.1) is 13.2 Å². The van der Waals surface area contributed by atoms with E-state index in [1.807, 2.05) is 0 Å². The van der Waals surface area contributed by atoms with Crippen molar-refractivity contribution in [1.82, 2.24) is 14.8 Å². The van der Waals surface area contributed by atoms with Gasteiger partial charge in [0.1, 0.15) is 5.82 Å². The highest BCUT2D eigenvalue weighted by molar-refractivity contribution is 6.28. The van der Waals surface area contributed by atoms with Crippen LogP contribution in [-0.4, -0.2) is 26.5 Å². The maximum absolute atomic E-state index is 8.52. The summed E-state index contributed by atoms with van der Waals surface area (Å²) in [6.45, 7) is 2.29. The van der Waals surface area contributed by atoms with E-state index in [2.05, 4.69) is 10.1 Å². The highest BCUT2D eigenvalue weighted by atomic mass is 35.5. The SMILES string of the molecule is Cc1nc(Cl)nn1CCO. The topological polar surface area (TPSA) is 50.9 Å². The van der Waals surface area contributed by atoms with E-state index in [4.69, 9.17) is 16.7 Å². The lowest BCUT2D eigenvalue weighted by Crippen LogP contribution is -2.05. The monoisotopic (exact) mass is 161 g/mol. The maximum Gasteiger partial charge on any atom is 0.242 e. The Bertz CT molecular complexity index is 223. The molecular weight excluding hydrogens is 154 g/mol. The normalized spacial score (nSPS) is 10.3. The molecule has 1 rings (SSSR count). The van der Waals surface area contributed by atoms with E-state index in [0.29, 0.717) is 6.54 Å². The first kappa shape index (κ1) is 7.50. The number of aryl methyl sites for hydroxylation is 1. The molecule has 0 radical (unpaired) electrons. The highest BCUT2D eigenvalue weighted by Crippen LogP contribution is 2.01. The van der Waals surface area contributed by atoms with Crippen molar-refractivity contribution < 1.29 is 5.11 Å². The van der Waals surface area contributed by atoms with Crippen molar-refractivity contribution in [1.29, 1.82) is 0 Å². The van der Waals surface area contributed by atoms with E-state index in [0.717, 1.165) is 5.82 Å². The summed E-state index contributed by atoms with van der Waals surface area (Å²) in [5.41, 5.74) is 0. The summed E-state index contributed by atoms with van der Waals surface area (Å²) in [7, 11) is 0. The van der Waals surface area contributed by atoms with Gasteiger partial charge in [-0.1, -0.05) is 0 Å². The van der Waals surface area contributed by atoms with Gasteiger partial charge in [-0.3, -0.25) is 0 Å². The fourth-order valence-corrected chi connectivity index (χ4v) is 0.906. The summed E-state index contributed by atoms with van der Waals surface area (Å²) in [6.07, 6.45) is 0. The summed E-state index contributed by atoms with van der Waals surface area (Å²) in [4.78, 5) is 3.84. The van der Waals surface area contributed by atoms with Gasteiger partial charge in [0.25, 0.3) is 0 Å². The predicted molar refractivity (Wildman–Crippen MR) is 36.9 cm³/mol. The minimum absolute atomic E-state index is 0.0561. The molecule has 0 aromatic carbocycles. The first-order chi connectivity index (χ1) is 4.74. The molecule has 0 aliphatic carbocycles. The van der Waals surface area contributed by atoms with Crippen molar-refractivity contribution in [2.75, 3.05) is 6.61 Å². The number of nitrogens with zero attached hydrogens (tertiary/aromatic N) is 3. The van der Waals surface area contributed by atoms with Gasteiger partial charge in [0.15, 0.2) is 0 Å². The predicted octanol–water partition coefficient (Wildman–Crippen LogP) is 0.232. The molecule has 0 saturated heterocycles. The molecule has 0 saturated carbocycles. The highest BCUT2D eigenvalue weighted by Gasteiger charge is 2.00. The minimum Gasteiger partial charge on any atom is -0.394 e. The van der Waals surface area contributed by atoms with Crippen LogP contribution in [0.5, 0.6) is 0 Å². The van der Waals surface area contributed by atoms with E-state index in [1.165, 1.54) is 0 Å². The third-order valence-electron chi connectivity index (χ3n) is 1.14. The lowest BCUT2D eigenvalue weighted by Gasteiger charge is -1.96. The van der Waals surface area contributed by atoms with Crippen LogP contribution >= 0.6 is 11.6 Å². The van der Waals surface area contributed by atoms with Crippen molar-refractivity contribution in [2.24, 2.45) is 0 Å². The molecular formula is C5H8ClN3O. The molecule has 0 atom stereocenters. The number of hydrogen-bond donors (Lipinski definition) is 1. The Labute approximate surface area is 63.5 Å². The number of rotatable bonds is 2. The quantitative estimate of drug-likeness (QED) is 0.676. The lowest BCUT2D eigenvalue weighted by atomic mass is 10.6. The van der Waals surface area contributed by atoms with Gasteiger partial charge in [-0.2, -0.15) is 0 Å². The maximum atomic E-state index is 8.52. The van der Waals surface area contributed by atoms with E-state index >= 15 is 0 Å². The molecule has 1 N–H and O–H groups in total. The summed E-state index contributed by atoms with van der Waals surface area (Å²) in [5.74, 6) is 0.721. The van der Waals surface area contributed by atoms with Gasteiger partial charge < -0.3 is 5.11 Å². The Kier molecular flexibility index (Phi) is 2.24. The average molecular weight is 162 g/mol. The third-order valence-corrected chi connectivity index (χ3v) is 1.30. The van der Waals surface area contributed by atoms with Crippen LogP contribution in [0, 0.1) is 6.92 Å². The van der Waals surface area contributed by atoms with Gasteiger partial charge in [-0.25, -0.2) is 9.67 Å². The fourth-order valence-electron chi connectivity index (χ4n) is 0.692. The molecule has 0 fully saturated rings. The number of hydrogen-bond acceptors (Lipinski definition) is 3. The molecule has 5 heteroatoms. The van der Waals surface area contributed by atoms with Crippen molar-refractivity contribution >= 4 is 11.6 Å². The third kappa shape index (κ3) is 1.46. The molecule has 0 spiro atoms. The van der Waals surface area contributed by atoms with Gasteiger partial charge in [0.2, 0.25) is 5.28 Å². The van der Waals surface area contributed by atoms with Crippen LogP contribution in [0.1, 0.15) is 5.82 Å². The molecule has 0 unspecified atom stereocenters. The van der Waals surface area contributed by atoms with Crippen LogP contribution in [0.4, 0.5) is 0 Å². The second-order valence-corrected chi connectivity index (χ2v) is 2.21. The first-order valence-electron chi connectivity index (χ1n) is 2.92. The van der Waals surface area contributed by atoms with Crippen LogP contribution in [0.2, 0.25) is 5.28 Å².